The van der Waals surface area contributed by atoms with E-state index >= 15 is 0 Å². The van der Waals surface area contributed by atoms with Crippen LogP contribution < -0.4 is 16.8 Å². The first-order valence-electron chi connectivity index (χ1n) is 6.83. The van der Waals surface area contributed by atoms with Crippen LogP contribution in [-0.4, -0.2) is 49.1 Å². The minimum atomic E-state index is -0.455. The van der Waals surface area contributed by atoms with Crippen LogP contribution in [0.5, 0.6) is 0 Å². The topological polar surface area (TPSA) is 111 Å². The Morgan fingerprint density at radius 3 is 2.71 bits per heavy atom. The van der Waals surface area contributed by atoms with Gasteiger partial charge in [-0.15, -0.1) is 0 Å². The number of carbonyl (C=O) groups excluding carboxylic acids is 2. The number of nitrogens with one attached hydrogen (secondary N) is 1. The maximum absolute atomic E-state index is 11.9. The number of nitrogen functional groups attached to an aromatic ring is 1. The highest BCUT2D eigenvalue weighted by Gasteiger charge is 2.27. The van der Waals surface area contributed by atoms with Gasteiger partial charge in [-0.2, -0.15) is 0 Å². The molecule has 0 aliphatic carbocycles. The molecule has 1 aliphatic rings. The van der Waals surface area contributed by atoms with Crippen LogP contribution in [0.15, 0.2) is 24.3 Å². The third-order valence-corrected chi connectivity index (χ3v) is 3.39. The number of hydrogen-bond acceptors (Lipinski definition) is 5. The minimum absolute atomic E-state index is 0.116. The first-order chi connectivity index (χ1) is 10.1. The molecular formula is C14H20N4O3. The van der Waals surface area contributed by atoms with Gasteiger partial charge in [0.1, 0.15) is 6.04 Å². The lowest BCUT2D eigenvalue weighted by Crippen LogP contribution is -2.52. The number of carbonyl (C=O) groups is 2. The summed E-state index contributed by atoms with van der Waals surface area (Å²) in [4.78, 5) is 25.1. The number of hydrogen-bond donors (Lipinski definition) is 3. The van der Waals surface area contributed by atoms with Crippen LogP contribution in [0.2, 0.25) is 0 Å². The van der Waals surface area contributed by atoms with E-state index in [4.69, 9.17) is 16.2 Å². The summed E-state index contributed by atoms with van der Waals surface area (Å²) in [5.74, 6) is -0.539. The quantitative estimate of drug-likeness (QED) is 0.650. The molecule has 1 fully saturated rings. The molecule has 1 aliphatic heterocycles. The van der Waals surface area contributed by atoms with E-state index in [2.05, 4.69) is 5.32 Å². The molecule has 1 aromatic carbocycles. The number of amides is 2. The van der Waals surface area contributed by atoms with Crippen molar-refractivity contribution in [3.05, 3.63) is 24.3 Å². The number of primary amides is 1. The molecule has 2 amide bonds. The summed E-state index contributed by atoms with van der Waals surface area (Å²) in [5.41, 5.74) is 12.3. The van der Waals surface area contributed by atoms with Gasteiger partial charge in [0.15, 0.2) is 0 Å². The molecule has 5 N–H and O–H groups in total. The number of nitrogens with zero attached hydrogens (tertiary/aromatic N) is 1. The summed E-state index contributed by atoms with van der Waals surface area (Å²) >= 11 is 0. The van der Waals surface area contributed by atoms with Crippen molar-refractivity contribution in [2.45, 2.75) is 12.5 Å². The van der Waals surface area contributed by atoms with Crippen molar-refractivity contribution in [3.63, 3.8) is 0 Å². The summed E-state index contributed by atoms with van der Waals surface area (Å²) < 4.78 is 5.23. The van der Waals surface area contributed by atoms with Gasteiger partial charge in [-0.1, -0.05) is 0 Å². The Bertz CT molecular complexity index is 503. The number of ether oxygens (including phenoxy) is 1. The van der Waals surface area contributed by atoms with Crippen LogP contribution in [0.3, 0.4) is 0 Å². The van der Waals surface area contributed by atoms with Crippen molar-refractivity contribution in [2.75, 3.05) is 37.4 Å². The lowest BCUT2D eigenvalue weighted by molar-refractivity contribution is -0.130. The zero-order chi connectivity index (χ0) is 15.2. The van der Waals surface area contributed by atoms with Crippen molar-refractivity contribution in [1.82, 2.24) is 4.90 Å². The number of rotatable bonds is 5. The SMILES string of the molecule is NC(=O)C1COCCN1CCC(=O)Nc1ccc(N)cc1. The number of anilines is 2. The Morgan fingerprint density at radius 2 is 2.05 bits per heavy atom. The Hall–Kier alpha value is -2.12. The zero-order valence-electron chi connectivity index (χ0n) is 11.7. The van der Waals surface area contributed by atoms with Crippen molar-refractivity contribution in [1.29, 1.82) is 0 Å². The van der Waals surface area contributed by atoms with E-state index in [0.717, 1.165) is 0 Å². The molecule has 0 aromatic heterocycles. The molecule has 7 nitrogen and oxygen atoms in total. The highest BCUT2D eigenvalue weighted by Crippen LogP contribution is 2.12. The van der Waals surface area contributed by atoms with E-state index in [1.165, 1.54) is 0 Å². The molecule has 0 bridgehead atoms. The highest BCUT2D eigenvalue weighted by atomic mass is 16.5. The van der Waals surface area contributed by atoms with Gasteiger partial charge in [-0.25, -0.2) is 0 Å². The molecule has 1 heterocycles. The Kier molecular flexibility index (Phi) is 5.13. The third kappa shape index (κ3) is 4.44. The molecule has 2 rings (SSSR count). The summed E-state index contributed by atoms with van der Waals surface area (Å²) in [6.45, 7) is 1.90. The van der Waals surface area contributed by atoms with Crippen LogP contribution in [0.25, 0.3) is 0 Å². The highest BCUT2D eigenvalue weighted by molar-refractivity contribution is 5.91. The fraction of sp³-hybridized carbons (Fsp3) is 0.429. The first-order valence-corrected chi connectivity index (χ1v) is 6.83. The van der Waals surface area contributed by atoms with Crippen LogP contribution in [0.4, 0.5) is 11.4 Å². The summed E-state index contributed by atoms with van der Waals surface area (Å²) in [6.07, 6.45) is 0.286. The van der Waals surface area contributed by atoms with Gasteiger partial charge in [0.2, 0.25) is 11.8 Å². The molecular weight excluding hydrogens is 272 g/mol. The largest absolute Gasteiger partial charge is 0.399 e. The van der Waals surface area contributed by atoms with Crippen molar-refractivity contribution < 1.29 is 14.3 Å². The summed E-state index contributed by atoms with van der Waals surface area (Å²) in [6, 6.07) is 6.48. The van der Waals surface area contributed by atoms with Crippen LogP contribution in [0, 0.1) is 0 Å². The van der Waals surface area contributed by atoms with Gasteiger partial charge in [0.25, 0.3) is 0 Å². The average molecular weight is 292 g/mol. The lowest BCUT2D eigenvalue weighted by atomic mass is 10.2. The first kappa shape index (κ1) is 15.3. The van der Waals surface area contributed by atoms with Crippen LogP contribution >= 0.6 is 0 Å². The summed E-state index contributed by atoms with van der Waals surface area (Å²) in [5, 5.41) is 2.78. The second-order valence-electron chi connectivity index (χ2n) is 4.95. The van der Waals surface area contributed by atoms with Gasteiger partial charge < -0.3 is 21.5 Å². The molecule has 7 heteroatoms. The lowest BCUT2D eigenvalue weighted by Gasteiger charge is -2.33. The molecule has 0 saturated carbocycles. The fourth-order valence-corrected chi connectivity index (χ4v) is 2.20. The molecule has 1 unspecified atom stereocenters. The molecule has 0 radical (unpaired) electrons. The van der Waals surface area contributed by atoms with E-state index in [0.29, 0.717) is 31.1 Å². The smallest absolute Gasteiger partial charge is 0.237 e. The van der Waals surface area contributed by atoms with Crippen molar-refractivity contribution in [2.24, 2.45) is 5.73 Å². The normalized spacial score (nSPS) is 19.1. The molecule has 1 saturated heterocycles. The number of benzene rings is 1. The predicted octanol–water partition coefficient (Wildman–Crippen LogP) is -0.216. The second kappa shape index (κ2) is 7.05. The van der Waals surface area contributed by atoms with Gasteiger partial charge >= 0.3 is 0 Å². The number of morpholine rings is 1. The monoisotopic (exact) mass is 292 g/mol. The number of nitrogens with two attached hydrogens (primary N) is 2. The predicted molar refractivity (Wildman–Crippen MR) is 79.5 cm³/mol. The minimum Gasteiger partial charge on any atom is -0.399 e. The van der Waals surface area contributed by atoms with E-state index in [1.54, 1.807) is 24.3 Å². The van der Waals surface area contributed by atoms with Gasteiger partial charge in [-0.05, 0) is 24.3 Å². The standard InChI is InChI=1S/C14H20N4O3/c15-10-1-3-11(4-2-10)17-13(19)5-6-18-7-8-21-9-12(18)14(16)20/h1-4,12H,5-9,15H2,(H2,16,20)(H,17,19). The maximum atomic E-state index is 11.9. The van der Waals surface area contributed by atoms with Gasteiger partial charge in [0, 0.05) is 30.9 Å². The van der Waals surface area contributed by atoms with Crippen LogP contribution in [0.1, 0.15) is 6.42 Å². The van der Waals surface area contributed by atoms with E-state index in [9.17, 15) is 9.59 Å². The van der Waals surface area contributed by atoms with Crippen LogP contribution in [-0.2, 0) is 14.3 Å². The molecule has 0 spiro atoms. The van der Waals surface area contributed by atoms with Crippen molar-refractivity contribution >= 4 is 23.2 Å². The average Bonchev–Trinajstić information content (AvgIpc) is 2.48. The molecule has 114 valence electrons. The summed E-state index contributed by atoms with van der Waals surface area (Å²) in [7, 11) is 0. The van der Waals surface area contributed by atoms with Gasteiger partial charge in [-0.3, -0.25) is 14.5 Å². The van der Waals surface area contributed by atoms with Crippen molar-refractivity contribution in [3.8, 4) is 0 Å². The Labute approximate surface area is 123 Å². The van der Waals surface area contributed by atoms with Gasteiger partial charge in [0.05, 0.1) is 13.2 Å². The molecule has 21 heavy (non-hydrogen) atoms. The molecule has 1 atom stereocenters. The zero-order valence-corrected chi connectivity index (χ0v) is 11.7. The van der Waals surface area contributed by atoms with E-state index in [-0.39, 0.29) is 18.9 Å². The molecule has 1 aromatic rings. The maximum Gasteiger partial charge on any atom is 0.237 e. The fourth-order valence-electron chi connectivity index (χ4n) is 2.20. The van der Waals surface area contributed by atoms with E-state index in [1.807, 2.05) is 4.90 Å². The Balaban J connectivity index is 1.82. The van der Waals surface area contributed by atoms with E-state index < -0.39 is 11.9 Å². The third-order valence-electron chi connectivity index (χ3n) is 3.39. The second-order valence-corrected chi connectivity index (χ2v) is 4.95. The Morgan fingerprint density at radius 1 is 1.33 bits per heavy atom.